The molecule has 160 valence electrons. The van der Waals surface area contributed by atoms with Gasteiger partial charge in [-0.2, -0.15) is 0 Å². The van der Waals surface area contributed by atoms with Crippen LogP contribution in [0.1, 0.15) is 52.4 Å². The zero-order chi connectivity index (χ0) is 21.0. The fraction of sp³-hybridized carbons (Fsp3) is 0.667. The van der Waals surface area contributed by atoms with E-state index in [1.807, 2.05) is 37.9 Å². The number of thioether (sulfide) groups is 1. The smallest absolute Gasteiger partial charge is 0.243 e. The average Bonchev–Trinajstić information content (AvgIpc) is 3.39. The zero-order valence-electron chi connectivity index (χ0n) is 17.4. The molecule has 2 unspecified atom stereocenters. The second-order valence-corrected chi connectivity index (χ2v) is 9.97. The predicted octanol–water partition coefficient (Wildman–Crippen LogP) is 3.39. The predicted molar refractivity (Wildman–Crippen MR) is 120 cm³/mol. The first kappa shape index (κ1) is 22.4. The number of aliphatic imine (C=N–C) groups is 1. The summed E-state index contributed by atoms with van der Waals surface area (Å²) in [4.78, 5) is 31.6. The third kappa shape index (κ3) is 5.25. The van der Waals surface area contributed by atoms with E-state index in [9.17, 15) is 9.59 Å². The Balaban J connectivity index is 1.52. The molecule has 1 aliphatic carbocycles. The van der Waals surface area contributed by atoms with Gasteiger partial charge in [-0.05, 0) is 51.6 Å². The van der Waals surface area contributed by atoms with Crippen molar-refractivity contribution < 1.29 is 9.59 Å². The van der Waals surface area contributed by atoms with Gasteiger partial charge in [0.1, 0.15) is 11.4 Å². The first-order valence-corrected chi connectivity index (χ1v) is 11.7. The van der Waals surface area contributed by atoms with Crippen LogP contribution in [0.15, 0.2) is 27.7 Å². The van der Waals surface area contributed by atoms with E-state index in [0.717, 1.165) is 36.6 Å². The number of allylic oxidation sites excluding steroid dienone is 1. The van der Waals surface area contributed by atoms with Crippen molar-refractivity contribution in [2.24, 2.45) is 10.9 Å². The first-order valence-electron chi connectivity index (χ1n) is 10.4. The lowest BCUT2D eigenvalue weighted by atomic mass is 9.91. The maximum atomic E-state index is 13.0. The van der Waals surface area contributed by atoms with Crippen molar-refractivity contribution in [3.8, 4) is 0 Å². The number of halogens is 1. The topological polar surface area (TPSA) is 73.8 Å². The van der Waals surface area contributed by atoms with Gasteiger partial charge in [-0.25, -0.2) is 4.99 Å². The van der Waals surface area contributed by atoms with E-state index in [1.165, 1.54) is 0 Å². The van der Waals surface area contributed by atoms with Crippen LogP contribution in [0, 0.1) is 5.92 Å². The van der Waals surface area contributed by atoms with Crippen molar-refractivity contribution in [1.29, 1.82) is 0 Å². The van der Waals surface area contributed by atoms with Crippen molar-refractivity contribution in [3.63, 3.8) is 0 Å². The molecule has 0 bridgehead atoms. The maximum absolute atomic E-state index is 13.0. The van der Waals surface area contributed by atoms with E-state index in [4.69, 9.17) is 11.6 Å². The molecule has 0 radical (unpaired) electrons. The quantitative estimate of drug-likeness (QED) is 0.450. The molecular weight excluding hydrogens is 408 g/mol. The van der Waals surface area contributed by atoms with Gasteiger partial charge in [0, 0.05) is 36.9 Å². The molecule has 3 rings (SSSR count). The monoisotopic (exact) mass is 438 g/mol. The highest BCUT2D eigenvalue weighted by Gasteiger charge is 2.55. The number of likely N-dealkylation sites (N-methyl/N-ethyl adjacent to an activating group) is 1. The van der Waals surface area contributed by atoms with Crippen LogP contribution in [0.5, 0.6) is 0 Å². The zero-order valence-corrected chi connectivity index (χ0v) is 19.0. The Morgan fingerprint density at radius 1 is 1.52 bits per heavy atom. The number of carbonyl (C=O) groups excluding carboxylic acids is 2. The molecule has 8 heteroatoms. The van der Waals surface area contributed by atoms with E-state index < -0.39 is 0 Å². The van der Waals surface area contributed by atoms with Crippen LogP contribution in [0.25, 0.3) is 0 Å². The lowest BCUT2D eigenvalue weighted by Crippen LogP contribution is -2.53. The Hall–Kier alpha value is -1.31. The minimum absolute atomic E-state index is 0.0304. The van der Waals surface area contributed by atoms with Crippen LogP contribution in [0.2, 0.25) is 0 Å². The summed E-state index contributed by atoms with van der Waals surface area (Å²) in [6, 6.07) is -0.0304. The van der Waals surface area contributed by atoms with Crippen molar-refractivity contribution in [3.05, 3.63) is 22.7 Å². The Kier molecular flexibility index (Phi) is 7.46. The number of carbonyl (C=O) groups is 2. The average molecular weight is 439 g/mol. The van der Waals surface area contributed by atoms with Crippen LogP contribution in [0.3, 0.4) is 0 Å². The highest BCUT2D eigenvalue weighted by molar-refractivity contribution is 8.05. The van der Waals surface area contributed by atoms with Gasteiger partial charge in [-0.15, -0.1) is 11.8 Å². The second-order valence-electron chi connectivity index (χ2n) is 7.99. The SMILES string of the molecule is CCC(=N/C=C\C(C)N1CC[C@@](NC)(C2CC2)C1=O)NC(=O)CC1CC=C(Cl)S1. The van der Waals surface area contributed by atoms with Crippen molar-refractivity contribution >= 4 is 41.0 Å². The second kappa shape index (κ2) is 9.67. The molecule has 6 nitrogen and oxygen atoms in total. The molecule has 3 atom stereocenters. The molecule has 2 aliphatic heterocycles. The molecule has 2 fully saturated rings. The number of nitrogens with one attached hydrogen (secondary N) is 2. The van der Waals surface area contributed by atoms with Crippen LogP contribution < -0.4 is 10.6 Å². The molecule has 2 amide bonds. The van der Waals surface area contributed by atoms with Crippen molar-refractivity contribution in [2.75, 3.05) is 13.6 Å². The molecule has 2 N–H and O–H groups in total. The number of hydrogen-bond donors (Lipinski definition) is 2. The summed E-state index contributed by atoms with van der Waals surface area (Å²) in [7, 11) is 1.90. The van der Waals surface area contributed by atoms with Gasteiger partial charge >= 0.3 is 0 Å². The third-order valence-corrected chi connectivity index (χ3v) is 7.55. The summed E-state index contributed by atoms with van der Waals surface area (Å²) >= 11 is 7.50. The summed E-state index contributed by atoms with van der Waals surface area (Å²) in [6.45, 7) is 4.74. The highest BCUT2D eigenvalue weighted by atomic mass is 35.5. The highest BCUT2D eigenvalue weighted by Crippen LogP contribution is 2.45. The van der Waals surface area contributed by atoms with Crippen molar-refractivity contribution in [2.45, 2.75) is 69.2 Å². The minimum Gasteiger partial charge on any atom is -0.335 e. The van der Waals surface area contributed by atoms with Gasteiger partial charge in [0.15, 0.2) is 0 Å². The van der Waals surface area contributed by atoms with Gasteiger partial charge in [0.05, 0.1) is 4.36 Å². The molecule has 2 heterocycles. The van der Waals surface area contributed by atoms with E-state index in [2.05, 4.69) is 15.6 Å². The number of likely N-dealkylation sites (tertiary alicyclic amines) is 1. The number of hydrogen-bond acceptors (Lipinski definition) is 5. The Labute approximate surface area is 182 Å². The van der Waals surface area contributed by atoms with Gasteiger partial charge in [-0.1, -0.05) is 24.6 Å². The lowest BCUT2D eigenvalue weighted by Gasteiger charge is -2.29. The first-order chi connectivity index (χ1) is 13.9. The molecule has 3 aliphatic rings. The fourth-order valence-electron chi connectivity index (χ4n) is 4.14. The molecular formula is C21H31ClN4O2S. The Morgan fingerprint density at radius 2 is 2.28 bits per heavy atom. The van der Waals surface area contributed by atoms with Gasteiger partial charge in [0.25, 0.3) is 0 Å². The number of nitrogens with zero attached hydrogens (tertiary/aromatic N) is 2. The molecule has 1 saturated carbocycles. The summed E-state index contributed by atoms with van der Waals surface area (Å²) in [5.41, 5.74) is -0.371. The van der Waals surface area contributed by atoms with Crippen LogP contribution in [-0.4, -0.2) is 53.0 Å². The third-order valence-electron chi connectivity index (χ3n) is 6.05. The molecule has 1 saturated heterocycles. The van der Waals surface area contributed by atoms with Crippen LogP contribution >= 0.6 is 23.4 Å². The van der Waals surface area contributed by atoms with E-state index in [-0.39, 0.29) is 28.6 Å². The standard InChI is InChI=1S/C21H31ClN4O2S/c1-4-18(25-19(27)13-16-7-8-17(22)29-16)24-11-9-14(2)26-12-10-21(23-3,20(26)28)15-5-6-15/h8-9,11,14-16,23H,4-7,10,12-13H2,1-3H3,(H,24,25,27)/b11-9-/t14?,16?,21-/m1/s1. The van der Waals surface area contributed by atoms with E-state index in [0.29, 0.717) is 24.6 Å². The maximum Gasteiger partial charge on any atom is 0.243 e. The number of rotatable bonds is 8. The van der Waals surface area contributed by atoms with Gasteiger partial charge in [0.2, 0.25) is 11.8 Å². The summed E-state index contributed by atoms with van der Waals surface area (Å²) < 4.78 is 0.768. The fourth-order valence-corrected chi connectivity index (χ4v) is 5.54. The van der Waals surface area contributed by atoms with E-state index in [1.54, 1.807) is 18.0 Å². The molecule has 0 aromatic heterocycles. The van der Waals surface area contributed by atoms with Crippen LogP contribution in [-0.2, 0) is 9.59 Å². The molecule has 29 heavy (non-hydrogen) atoms. The van der Waals surface area contributed by atoms with Gasteiger partial charge < -0.3 is 15.5 Å². The normalized spacial score (nSPS) is 28.9. The Bertz CT molecular complexity index is 734. The van der Waals surface area contributed by atoms with Gasteiger partial charge in [-0.3, -0.25) is 9.59 Å². The summed E-state index contributed by atoms with van der Waals surface area (Å²) in [5, 5.41) is 6.41. The lowest BCUT2D eigenvalue weighted by molar-refractivity contribution is -0.134. The van der Waals surface area contributed by atoms with E-state index >= 15 is 0 Å². The van der Waals surface area contributed by atoms with Crippen LogP contribution in [0.4, 0.5) is 0 Å². The summed E-state index contributed by atoms with van der Waals surface area (Å²) in [6.07, 6.45) is 10.6. The molecule has 0 spiro atoms. The number of amides is 2. The number of amidine groups is 1. The minimum atomic E-state index is -0.371. The largest absolute Gasteiger partial charge is 0.335 e. The van der Waals surface area contributed by atoms with Crippen molar-refractivity contribution in [1.82, 2.24) is 15.5 Å². The summed E-state index contributed by atoms with van der Waals surface area (Å²) in [5.74, 6) is 1.27. The molecule has 0 aromatic carbocycles. The molecule has 0 aromatic rings. The Morgan fingerprint density at radius 3 is 2.86 bits per heavy atom.